The molecule has 0 aromatic carbocycles. The highest BCUT2D eigenvalue weighted by molar-refractivity contribution is 5.19. The van der Waals surface area contributed by atoms with Gasteiger partial charge in [0.1, 0.15) is 5.82 Å². The Labute approximate surface area is 105 Å². The van der Waals surface area contributed by atoms with E-state index in [0.717, 1.165) is 30.3 Å². The number of imidazole rings is 1. The quantitative estimate of drug-likeness (QED) is 0.819. The lowest BCUT2D eigenvalue weighted by atomic mass is 10.1. The van der Waals surface area contributed by atoms with E-state index in [1.165, 1.54) is 18.5 Å². The monoisotopic (exact) mass is 244 g/mol. The summed E-state index contributed by atoms with van der Waals surface area (Å²) in [6.07, 6.45) is 5.13. The van der Waals surface area contributed by atoms with Gasteiger partial charge in [-0.15, -0.1) is 0 Å². The Hall–Kier alpha value is -1.69. The third-order valence-corrected chi connectivity index (χ3v) is 3.80. The Bertz CT molecular complexity index is 579. The van der Waals surface area contributed by atoms with E-state index >= 15 is 0 Å². The number of aromatic amines is 1. The Morgan fingerprint density at radius 3 is 3.11 bits per heavy atom. The van der Waals surface area contributed by atoms with Gasteiger partial charge >= 0.3 is 0 Å². The second-order valence-corrected chi connectivity index (χ2v) is 5.19. The first kappa shape index (κ1) is 10.3. The molecule has 18 heavy (non-hydrogen) atoms. The van der Waals surface area contributed by atoms with Gasteiger partial charge in [0.15, 0.2) is 5.82 Å². The van der Waals surface area contributed by atoms with Crippen LogP contribution in [0.2, 0.25) is 0 Å². The van der Waals surface area contributed by atoms with Crippen molar-refractivity contribution < 1.29 is 0 Å². The maximum atomic E-state index is 4.70. The van der Waals surface area contributed by atoms with Crippen molar-refractivity contribution in [3.63, 3.8) is 0 Å². The molecule has 2 N–H and O–H groups in total. The molecule has 1 unspecified atom stereocenters. The summed E-state index contributed by atoms with van der Waals surface area (Å²) in [7, 11) is 1.98. The predicted octanol–water partition coefficient (Wildman–Crippen LogP) is 0.803. The zero-order chi connectivity index (χ0) is 12.1. The minimum atomic E-state index is 0.228. The molecule has 1 saturated carbocycles. The van der Waals surface area contributed by atoms with E-state index in [2.05, 4.69) is 20.4 Å². The highest BCUT2D eigenvalue weighted by Crippen LogP contribution is 2.38. The summed E-state index contributed by atoms with van der Waals surface area (Å²) in [6.45, 7) is 0.825. The zero-order valence-corrected chi connectivity index (χ0v) is 10.3. The van der Waals surface area contributed by atoms with E-state index < -0.39 is 0 Å². The number of hydrogen-bond donors (Lipinski definition) is 2. The van der Waals surface area contributed by atoms with Crippen LogP contribution in [-0.4, -0.2) is 24.7 Å². The van der Waals surface area contributed by atoms with Crippen LogP contribution in [0.4, 0.5) is 0 Å². The molecule has 94 valence electrons. The van der Waals surface area contributed by atoms with Gasteiger partial charge in [-0.05, 0) is 12.8 Å². The fourth-order valence-corrected chi connectivity index (χ4v) is 2.59. The molecule has 1 aliphatic carbocycles. The Morgan fingerprint density at radius 2 is 2.28 bits per heavy atom. The predicted molar refractivity (Wildman–Crippen MR) is 64.9 cm³/mol. The molecule has 2 aromatic rings. The zero-order valence-electron chi connectivity index (χ0n) is 10.3. The number of nitrogens with one attached hydrogen (secondary N) is 2. The van der Waals surface area contributed by atoms with Crippen molar-refractivity contribution >= 4 is 0 Å². The van der Waals surface area contributed by atoms with E-state index in [1.54, 1.807) is 6.33 Å². The van der Waals surface area contributed by atoms with E-state index in [0.29, 0.717) is 5.92 Å². The van der Waals surface area contributed by atoms with Gasteiger partial charge in [0.05, 0.1) is 23.8 Å². The highest BCUT2D eigenvalue weighted by atomic mass is 15.3. The molecule has 0 radical (unpaired) electrons. The van der Waals surface area contributed by atoms with Crippen LogP contribution in [0.1, 0.15) is 47.8 Å². The van der Waals surface area contributed by atoms with Crippen LogP contribution in [0, 0.1) is 0 Å². The molecule has 6 heteroatoms. The summed E-state index contributed by atoms with van der Waals surface area (Å²) in [4.78, 5) is 12.2. The normalized spacial score (nSPS) is 23.1. The van der Waals surface area contributed by atoms with Crippen LogP contribution in [-0.2, 0) is 20.0 Å². The number of aryl methyl sites for hydroxylation is 1. The van der Waals surface area contributed by atoms with Crippen molar-refractivity contribution in [3.05, 3.63) is 29.4 Å². The first-order valence-electron chi connectivity index (χ1n) is 6.46. The summed E-state index contributed by atoms with van der Waals surface area (Å²) in [5, 5.41) is 8.03. The van der Waals surface area contributed by atoms with Crippen molar-refractivity contribution in [1.82, 2.24) is 30.0 Å². The number of hydrogen-bond acceptors (Lipinski definition) is 4. The maximum absolute atomic E-state index is 4.70. The fourth-order valence-electron chi connectivity index (χ4n) is 2.59. The Kier molecular flexibility index (Phi) is 2.08. The van der Waals surface area contributed by atoms with Crippen molar-refractivity contribution in [2.24, 2.45) is 7.05 Å². The lowest BCUT2D eigenvalue weighted by Crippen LogP contribution is -2.30. The molecule has 2 aliphatic rings. The molecule has 1 fully saturated rings. The summed E-state index contributed by atoms with van der Waals surface area (Å²) in [5.74, 6) is 2.65. The SMILES string of the molecule is Cn1nc(C2CC2)nc1C1Cc2nc[nH]c2CN1. The topological polar surface area (TPSA) is 71.4 Å². The molecule has 0 amide bonds. The van der Waals surface area contributed by atoms with Crippen LogP contribution in [0.5, 0.6) is 0 Å². The minimum absolute atomic E-state index is 0.228. The molecule has 0 saturated heterocycles. The molecule has 3 heterocycles. The van der Waals surface area contributed by atoms with Crippen molar-refractivity contribution in [1.29, 1.82) is 0 Å². The summed E-state index contributed by atoms with van der Waals surface area (Å²) in [5.41, 5.74) is 2.34. The average molecular weight is 244 g/mol. The molecular weight excluding hydrogens is 228 g/mol. The Balaban J connectivity index is 1.64. The molecule has 0 bridgehead atoms. The van der Waals surface area contributed by atoms with Gasteiger partial charge in [-0.1, -0.05) is 0 Å². The fraction of sp³-hybridized carbons (Fsp3) is 0.583. The number of rotatable bonds is 2. The molecule has 0 spiro atoms. The largest absolute Gasteiger partial charge is 0.347 e. The van der Waals surface area contributed by atoms with Gasteiger partial charge in [-0.25, -0.2) is 9.97 Å². The van der Waals surface area contributed by atoms with Gasteiger partial charge in [0, 0.05) is 25.9 Å². The van der Waals surface area contributed by atoms with E-state index in [9.17, 15) is 0 Å². The van der Waals surface area contributed by atoms with Crippen LogP contribution >= 0.6 is 0 Å². The maximum Gasteiger partial charge on any atom is 0.154 e. The third kappa shape index (κ3) is 1.56. The molecule has 1 atom stereocenters. The van der Waals surface area contributed by atoms with Crippen LogP contribution < -0.4 is 5.32 Å². The van der Waals surface area contributed by atoms with E-state index in [-0.39, 0.29) is 6.04 Å². The van der Waals surface area contributed by atoms with Gasteiger partial charge in [-0.3, -0.25) is 4.68 Å². The molecular formula is C12H16N6. The molecule has 2 aromatic heterocycles. The minimum Gasteiger partial charge on any atom is -0.347 e. The second kappa shape index (κ2) is 3.65. The van der Waals surface area contributed by atoms with Gasteiger partial charge in [0.2, 0.25) is 0 Å². The van der Waals surface area contributed by atoms with E-state index in [4.69, 9.17) is 4.98 Å². The van der Waals surface area contributed by atoms with Gasteiger partial charge < -0.3 is 10.3 Å². The average Bonchev–Trinajstić information content (AvgIpc) is 2.99. The summed E-state index contributed by atoms with van der Waals surface area (Å²) < 4.78 is 1.92. The van der Waals surface area contributed by atoms with Crippen molar-refractivity contribution in [2.75, 3.05) is 0 Å². The number of aromatic nitrogens is 5. The Morgan fingerprint density at radius 1 is 1.39 bits per heavy atom. The lowest BCUT2D eigenvalue weighted by molar-refractivity contribution is 0.450. The molecule has 4 rings (SSSR count). The van der Waals surface area contributed by atoms with Crippen molar-refractivity contribution in [3.8, 4) is 0 Å². The lowest BCUT2D eigenvalue weighted by Gasteiger charge is -2.21. The smallest absolute Gasteiger partial charge is 0.154 e. The highest BCUT2D eigenvalue weighted by Gasteiger charge is 2.31. The van der Waals surface area contributed by atoms with Gasteiger partial charge in [0.25, 0.3) is 0 Å². The second-order valence-electron chi connectivity index (χ2n) is 5.19. The standard InChI is InChI=1S/C12H16N6/c1-18-12(16-11(17-18)7-2-3-7)9-4-8-10(5-13-9)15-6-14-8/h6-7,9,13H,2-5H2,1H3,(H,14,15). The molecule has 1 aliphatic heterocycles. The summed E-state index contributed by atoms with van der Waals surface area (Å²) in [6, 6.07) is 0.228. The van der Waals surface area contributed by atoms with Crippen molar-refractivity contribution in [2.45, 2.75) is 37.8 Å². The first-order valence-corrected chi connectivity index (χ1v) is 6.46. The number of H-pyrrole nitrogens is 1. The third-order valence-electron chi connectivity index (χ3n) is 3.80. The first-order chi connectivity index (χ1) is 8.81. The van der Waals surface area contributed by atoms with Crippen LogP contribution in [0.3, 0.4) is 0 Å². The van der Waals surface area contributed by atoms with Gasteiger partial charge in [-0.2, -0.15) is 5.10 Å². The van der Waals surface area contributed by atoms with E-state index in [1.807, 2.05) is 11.7 Å². The number of fused-ring (bicyclic) bond motifs is 1. The van der Waals surface area contributed by atoms with Crippen LogP contribution in [0.15, 0.2) is 6.33 Å². The molecule has 6 nitrogen and oxygen atoms in total. The summed E-state index contributed by atoms with van der Waals surface area (Å²) >= 11 is 0. The number of nitrogens with zero attached hydrogens (tertiary/aromatic N) is 4. The van der Waals surface area contributed by atoms with Crippen LogP contribution in [0.25, 0.3) is 0 Å².